The van der Waals surface area contributed by atoms with Gasteiger partial charge in [0.2, 0.25) is 0 Å². The highest BCUT2D eigenvalue weighted by atomic mass is 19.4. The lowest BCUT2D eigenvalue weighted by atomic mass is 10.0. The van der Waals surface area contributed by atoms with Crippen molar-refractivity contribution in [1.82, 2.24) is 5.32 Å². The molecule has 8 heteroatoms. The zero-order valence-electron chi connectivity index (χ0n) is 10.7. The Morgan fingerprint density at radius 1 is 1.38 bits per heavy atom. The van der Waals surface area contributed by atoms with E-state index >= 15 is 0 Å². The Labute approximate surface area is 118 Å². The molecule has 0 spiro atoms. The van der Waals surface area contributed by atoms with Gasteiger partial charge in [0.25, 0.3) is 0 Å². The first kappa shape index (κ1) is 16.5. The summed E-state index contributed by atoms with van der Waals surface area (Å²) in [6.07, 6.45) is -4.32. The summed E-state index contributed by atoms with van der Waals surface area (Å²) in [4.78, 5) is 21.9. The van der Waals surface area contributed by atoms with Crippen LogP contribution in [0.15, 0.2) is 30.9 Å². The third-order valence-corrected chi connectivity index (χ3v) is 2.42. The molecule has 1 rings (SSSR count). The summed E-state index contributed by atoms with van der Waals surface area (Å²) in [7, 11) is 0. The number of hydrogen-bond donors (Lipinski definition) is 2. The molecule has 0 fully saturated rings. The molecule has 2 N–H and O–H groups in total. The highest BCUT2D eigenvalue weighted by Gasteiger charge is 2.34. The highest BCUT2D eigenvalue weighted by molar-refractivity contribution is 5.88. The number of alkyl halides is 3. The molecule has 1 amide bonds. The molecule has 0 radical (unpaired) electrons. The van der Waals surface area contributed by atoms with Crippen LogP contribution < -0.4 is 5.32 Å². The quantitative estimate of drug-likeness (QED) is 0.820. The number of carbonyl (C=O) groups excluding carboxylic acids is 1. The maximum atomic E-state index is 12.9. The van der Waals surface area contributed by atoms with Crippen LogP contribution in [0.3, 0.4) is 0 Å². The van der Waals surface area contributed by atoms with E-state index in [1.807, 2.05) is 0 Å². The first-order valence-electron chi connectivity index (χ1n) is 5.70. The van der Waals surface area contributed by atoms with Crippen LogP contribution in [0.4, 0.5) is 18.0 Å². The van der Waals surface area contributed by atoms with Gasteiger partial charge in [0.15, 0.2) is 0 Å². The van der Waals surface area contributed by atoms with Crippen molar-refractivity contribution in [2.75, 3.05) is 6.61 Å². The minimum atomic E-state index is -4.73. The lowest BCUT2D eigenvalue weighted by molar-refractivity contribution is -0.138. The van der Waals surface area contributed by atoms with Gasteiger partial charge in [-0.2, -0.15) is 13.2 Å². The monoisotopic (exact) mass is 303 g/mol. The molecule has 5 nitrogen and oxygen atoms in total. The Morgan fingerprint density at radius 3 is 2.57 bits per heavy atom. The van der Waals surface area contributed by atoms with Gasteiger partial charge in [0.05, 0.1) is 11.1 Å². The minimum Gasteiger partial charge on any atom is -0.478 e. The van der Waals surface area contributed by atoms with E-state index in [9.17, 15) is 22.8 Å². The van der Waals surface area contributed by atoms with Crippen molar-refractivity contribution in [1.29, 1.82) is 0 Å². The molecule has 1 aromatic carbocycles. The van der Waals surface area contributed by atoms with Crippen LogP contribution in [0, 0.1) is 0 Å². The average Bonchev–Trinajstić information content (AvgIpc) is 2.41. The first-order valence-corrected chi connectivity index (χ1v) is 5.70. The van der Waals surface area contributed by atoms with Crippen molar-refractivity contribution >= 4 is 12.1 Å². The van der Waals surface area contributed by atoms with Crippen molar-refractivity contribution in [2.24, 2.45) is 0 Å². The number of halogens is 3. The summed E-state index contributed by atoms with van der Waals surface area (Å²) < 4.78 is 43.2. The van der Waals surface area contributed by atoms with Crippen LogP contribution in [-0.4, -0.2) is 23.8 Å². The molecule has 0 atom stereocenters. The highest BCUT2D eigenvalue weighted by Crippen LogP contribution is 2.32. The Kier molecular flexibility index (Phi) is 5.34. The third kappa shape index (κ3) is 4.83. The lowest BCUT2D eigenvalue weighted by Gasteiger charge is -2.14. The summed E-state index contributed by atoms with van der Waals surface area (Å²) in [5.74, 6) is -1.47. The van der Waals surface area contributed by atoms with Crippen LogP contribution in [0.5, 0.6) is 0 Å². The second-order valence-electron chi connectivity index (χ2n) is 3.92. The molecule has 0 aliphatic heterocycles. The second kappa shape index (κ2) is 6.78. The summed E-state index contributed by atoms with van der Waals surface area (Å²) in [5.41, 5.74) is -1.87. The third-order valence-electron chi connectivity index (χ3n) is 2.42. The van der Waals surface area contributed by atoms with E-state index in [0.717, 1.165) is 12.1 Å². The number of hydrogen-bond acceptors (Lipinski definition) is 3. The van der Waals surface area contributed by atoms with Crippen molar-refractivity contribution < 1.29 is 32.6 Å². The molecule has 0 heterocycles. The maximum absolute atomic E-state index is 12.9. The largest absolute Gasteiger partial charge is 0.478 e. The van der Waals surface area contributed by atoms with Gasteiger partial charge in [-0.3, -0.25) is 0 Å². The average molecular weight is 303 g/mol. The van der Waals surface area contributed by atoms with Crippen LogP contribution in [-0.2, 0) is 17.5 Å². The van der Waals surface area contributed by atoms with Crippen LogP contribution in [0.2, 0.25) is 0 Å². The van der Waals surface area contributed by atoms with Crippen molar-refractivity contribution in [2.45, 2.75) is 12.7 Å². The molecule has 0 saturated heterocycles. The molecule has 0 unspecified atom stereocenters. The van der Waals surface area contributed by atoms with Gasteiger partial charge < -0.3 is 15.2 Å². The molecule has 1 aromatic rings. The van der Waals surface area contributed by atoms with E-state index in [-0.39, 0.29) is 12.2 Å². The number of carbonyl (C=O) groups is 2. The van der Waals surface area contributed by atoms with Gasteiger partial charge in [0, 0.05) is 6.54 Å². The zero-order chi connectivity index (χ0) is 16.0. The van der Waals surface area contributed by atoms with Gasteiger partial charge in [-0.1, -0.05) is 18.7 Å². The smallest absolute Gasteiger partial charge is 0.416 e. The summed E-state index contributed by atoms with van der Waals surface area (Å²) >= 11 is 0. The van der Waals surface area contributed by atoms with Gasteiger partial charge in [0.1, 0.15) is 6.61 Å². The number of nitrogens with one attached hydrogen (secondary N) is 1. The van der Waals surface area contributed by atoms with Crippen LogP contribution >= 0.6 is 0 Å². The molecule has 0 bridgehead atoms. The number of carboxylic acid groups (broad SMARTS) is 1. The topological polar surface area (TPSA) is 75.6 Å². The van der Waals surface area contributed by atoms with Gasteiger partial charge in [-0.25, -0.2) is 9.59 Å². The fourth-order valence-electron chi connectivity index (χ4n) is 1.48. The minimum absolute atomic E-state index is 0.0735. The predicted molar refractivity (Wildman–Crippen MR) is 66.8 cm³/mol. The van der Waals surface area contributed by atoms with E-state index in [2.05, 4.69) is 16.6 Å². The molecule has 0 aromatic heterocycles. The van der Waals surface area contributed by atoms with Crippen molar-refractivity contribution in [3.05, 3.63) is 47.5 Å². The standard InChI is InChI=1S/C13H12F3NO4/c1-2-5-21-12(20)17-7-9-4-3-8(11(18)19)6-10(9)13(14,15)16/h2-4,6H,1,5,7H2,(H,17,20)(H,18,19). The molecule has 0 aliphatic carbocycles. The van der Waals surface area contributed by atoms with Gasteiger partial charge in [-0.15, -0.1) is 0 Å². The van der Waals surface area contributed by atoms with Crippen molar-refractivity contribution in [3.63, 3.8) is 0 Å². The number of alkyl carbamates (subject to hydrolysis) is 1. The Bertz CT molecular complexity index is 555. The summed E-state index contributed by atoms with van der Waals surface area (Å²) in [6, 6.07) is 2.55. The van der Waals surface area contributed by atoms with E-state index in [4.69, 9.17) is 5.11 Å². The summed E-state index contributed by atoms with van der Waals surface area (Å²) in [5, 5.41) is 10.9. The molecular weight excluding hydrogens is 291 g/mol. The number of benzene rings is 1. The van der Waals surface area contributed by atoms with Crippen LogP contribution in [0.1, 0.15) is 21.5 Å². The number of ether oxygens (including phenoxy) is 1. The normalized spacial score (nSPS) is 10.8. The Morgan fingerprint density at radius 2 is 2.05 bits per heavy atom. The number of carboxylic acids is 1. The maximum Gasteiger partial charge on any atom is 0.416 e. The lowest BCUT2D eigenvalue weighted by Crippen LogP contribution is -2.25. The van der Waals surface area contributed by atoms with E-state index in [0.29, 0.717) is 6.07 Å². The predicted octanol–water partition coefficient (Wildman–Crippen LogP) is 2.82. The summed E-state index contributed by atoms with van der Waals surface area (Å²) in [6.45, 7) is 2.80. The van der Waals surface area contributed by atoms with Gasteiger partial charge in [-0.05, 0) is 17.7 Å². The first-order chi connectivity index (χ1) is 9.75. The van der Waals surface area contributed by atoms with E-state index in [1.165, 1.54) is 6.08 Å². The van der Waals surface area contributed by atoms with Gasteiger partial charge >= 0.3 is 18.2 Å². The zero-order valence-corrected chi connectivity index (χ0v) is 10.7. The Balaban J connectivity index is 2.93. The van der Waals surface area contributed by atoms with E-state index in [1.54, 1.807) is 0 Å². The Hall–Kier alpha value is -2.51. The number of aromatic carboxylic acids is 1. The molecule has 114 valence electrons. The van der Waals surface area contributed by atoms with Crippen molar-refractivity contribution in [3.8, 4) is 0 Å². The van der Waals surface area contributed by atoms with E-state index < -0.39 is 35.9 Å². The molecule has 0 aliphatic rings. The molecule has 0 saturated carbocycles. The fraction of sp³-hybridized carbons (Fsp3) is 0.231. The molecular formula is C13H12F3NO4. The second-order valence-corrected chi connectivity index (χ2v) is 3.92. The number of amides is 1. The SMILES string of the molecule is C=CCOC(=O)NCc1ccc(C(=O)O)cc1C(F)(F)F. The molecule has 21 heavy (non-hydrogen) atoms. The van der Waals surface area contributed by atoms with Crippen LogP contribution in [0.25, 0.3) is 0 Å². The number of rotatable bonds is 5. The fourth-order valence-corrected chi connectivity index (χ4v) is 1.48.